The summed E-state index contributed by atoms with van der Waals surface area (Å²) in [6.07, 6.45) is 0.650. The molecular weight excluding hydrogens is 258 g/mol. The minimum absolute atomic E-state index is 0.193. The molecular formula is C15H19NO4. The van der Waals surface area contributed by atoms with Gasteiger partial charge in [0.05, 0.1) is 11.8 Å². The fourth-order valence-electron chi connectivity index (χ4n) is 2.69. The molecule has 5 heteroatoms. The van der Waals surface area contributed by atoms with Gasteiger partial charge in [0.15, 0.2) is 0 Å². The molecule has 0 spiro atoms. The summed E-state index contributed by atoms with van der Waals surface area (Å²) in [4.78, 5) is 23.0. The van der Waals surface area contributed by atoms with Crippen LogP contribution in [0.1, 0.15) is 19.4 Å². The summed E-state index contributed by atoms with van der Waals surface area (Å²) in [6.45, 7) is 4.06. The van der Waals surface area contributed by atoms with E-state index in [1.165, 1.54) is 0 Å². The molecule has 1 saturated carbocycles. The highest BCUT2D eigenvalue weighted by Crippen LogP contribution is 2.58. The van der Waals surface area contributed by atoms with Crippen molar-refractivity contribution in [1.29, 1.82) is 0 Å². The lowest BCUT2D eigenvalue weighted by Crippen LogP contribution is -2.29. The molecule has 1 aliphatic carbocycles. The van der Waals surface area contributed by atoms with E-state index >= 15 is 0 Å². The summed E-state index contributed by atoms with van der Waals surface area (Å²) in [5, 5.41) is 21.0. The third kappa shape index (κ3) is 2.76. The quantitative estimate of drug-likeness (QED) is 0.759. The van der Waals surface area contributed by atoms with E-state index < -0.39 is 23.2 Å². The average Bonchev–Trinajstić information content (AvgIpc) is 2.95. The minimum atomic E-state index is -0.909. The van der Waals surface area contributed by atoms with Crippen molar-refractivity contribution in [2.45, 2.75) is 20.3 Å². The Labute approximate surface area is 117 Å². The second-order valence-corrected chi connectivity index (χ2v) is 5.82. The highest BCUT2D eigenvalue weighted by atomic mass is 16.4. The van der Waals surface area contributed by atoms with Gasteiger partial charge >= 0.3 is 5.97 Å². The van der Waals surface area contributed by atoms with Crippen LogP contribution in [0.2, 0.25) is 0 Å². The third-order valence-electron chi connectivity index (χ3n) is 4.03. The number of nitrogens with one attached hydrogen (secondary N) is 1. The number of aromatic hydroxyl groups is 1. The molecule has 0 aromatic heterocycles. The molecule has 5 nitrogen and oxygen atoms in total. The van der Waals surface area contributed by atoms with Gasteiger partial charge in [-0.3, -0.25) is 9.59 Å². The van der Waals surface area contributed by atoms with Crippen LogP contribution in [0.4, 0.5) is 0 Å². The number of hydrogen-bond donors (Lipinski definition) is 3. The number of carboxylic acids is 1. The lowest BCUT2D eigenvalue weighted by Gasteiger charge is -2.06. The highest BCUT2D eigenvalue weighted by Gasteiger charge is 2.65. The second kappa shape index (κ2) is 5.15. The van der Waals surface area contributed by atoms with Crippen LogP contribution in [0.15, 0.2) is 24.3 Å². The predicted octanol–water partition coefficient (Wildman–Crippen LogP) is 1.41. The fourth-order valence-corrected chi connectivity index (χ4v) is 2.69. The Morgan fingerprint density at radius 3 is 2.30 bits per heavy atom. The number of rotatable bonds is 5. The van der Waals surface area contributed by atoms with Gasteiger partial charge in [0.2, 0.25) is 5.91 Å². The van der Waals surface area contributed by atoms with Crippen LogP contribution in [0, 0.1) is 17.3 Å². The van der Waals surface area contributed by atoms with Crippen molar-refractivity contribution in [3.63, 3.8) is 0 Å². The lowest BCUT2D eigenvalue weighted by molar-refractivity contribution is -0.140. The number of aliphatic carboxylic acids is 1. The van der Waals surface area contributed by atoms with E-state index in [0.29, 0.717) is 13.0 Å². The van der Waals surface area contributed by atoms with Gasteiger partial charge in [0, 0.05) is 6.54 Å². The molecule has 3 N–H and O–H groups in total. The minimum Gasteiger partial charge on any atom is -0.508 e. The molecule has 1 amide bonds. The summed E-state index contributed by atoms with van der Waals surface area (Å²) < 4.78 is 0. The number of phenols is 1. The first-order chi connectivity index (χ1) is 9.34. The van der Waals surface area contributed by atoms with E-state index in [2.05, 4.69) is 5.32 Å². The van der Waals surface area contributed by atoms with E-state index in [-0.39, 0.29) is 11.7 Å². The van der Waals surface area contributed by atoms with Crippen LogP contribution in [-0.4, -0.2) is 28.6 Å². The fraction of sp³-hybridized carbons (Fsp3) is 0.467. The summed E-state index contributed by atoms with van der Waals surface area (Å²) in [7, 11) is 0. The van der Waals surface area contributed by atoms with E-state index in [4.69, 9.17) is 10.2 Å². The number of carboxylic acid groups (broad SMARTS) is 1. The normalized spacial score (nSPS) is 23.1. The summed E-state index contributed by atoms with van der Waals surface area (Å²) in [5.41, 5.74) is 0.544. The Morgan fingerprint density at radius 1 is 1.20 bits per heavy atom. The molecule has 0 heterocycles. The highest BCUT2D eigenvalue weighted by molar-refractivity contribution is 5.91. The maximum absolute atomic E-state index is 12.0. The van der Waals surface area contributed by atoms with Crippen LogP contribution in [-0.2, 0) is 16.0 Å². The maximum atomic E-state index is 12.0. The molecule has 2 atom stereocenters. The first-order valence-electron chi connectivity index (χ1n) is 6.62. The molecule has 1 fully saturated rings. The smallest absolute Gasteiger partial charge is 0.307 e. The zero-order chi connectivity index (χ0) is 14.9. The molecule has 1 aliphatic rings. The molecule has 0 saturated heterocycles. The molecule has 0 bridgehead atoms. The van der Waals surface area contributed by atoms with Crippen LogP contribution in [0.3, 0.4) is 0 Å². The Bertz CT molecular complexity index is 521. The van der Waals surface area contributed by atoms with Gasteiger partial charge in [0.25, 0.3) is 0 Å². The second-order valence-electron chi connectivity index (χ2n) is 5.82. The van der Waals surface area contributed by atoms with Crippen LogP contribution < -0.4 is 5.32 Å². The Balaban J connectivity index is 1.82. The van der Waals surface area contributed by atoms with Gasteiger partial charge in [-0.05, 0) is 29.5 Å². The number of benzene rings is 1. The van der Waals surface area contributed by atoms with Gasteiger partial charge in [-0.2, -0.15) is 0 Å². The summed E-state index contributed by atoms with van der Waals surface area (Å²) in [6, 6.07) is 6.79. The monoisotopic (exact) mass is 277 g/mol. The lowest BCUT2D eigenvalue weighted by atomic mass is 10.1. The standard InChI is InChI=1S/C15H19NO4/c1-15(2)11(12(15)14(19)20)13(18)16-8-7-9-3-5-10(17)6-4-9/h3-6,11-12,17H,7-8H2,1-2H3,(H,16,18)(H,19,20)/t11-,12+/m0/s1. The van der Waals surface area contributed by atoms with E-state index in [0.717, 1.165) is 5.56 Å². The van der Waals surface area contributed by atoms with E-state index in [9.17, 15) is 9.59 Å². The first-order valence-corrected chi connectivity index (χ1v) is 6.62. The largest absolute Gasteiger partial charge is 0.508 e. The molecule has 2 rings (SSSR count). The van der Waals surface area contributed by atoms with Crippen molar-refractivity contribution in [3.05, 3.63) is 29.8 Å². The van der Waals surface area contributed by atoms with Crippen molar-refractivity contribution < 1.29 is 19.8 Å². The molecule has 108 valence electrons. The first kappa shape index (κ1) is 14.4. The zero-order valence-corrected chi connectivity index (χ0v) is 11.6. The van der Waals surface area contributed by atoms with Crippen molar-refractivity contribution in [3.8, 4) is 5.75 Å². The van der Waals surface area contributed by atoms with Gasteiger partial charge in [-0.25, -0.2) is 0 Å². The molecule has 1 aromatic carbocycles. The Kier molecular flexibility index (Phi) is 3.70. The average molecular weight is 277 g/mol. The molecule has 0 radical (unpaired) electrons. The van der Waals surface area contributed by atoms with Crippen LogP contribution in [0.25, 0.3) is 0 Å². The summed E-state index contributed by atoms with van der Waals surface area (Å²) in [5.74, 6) is -1.92. The topological polar surface area (TPSA) is 86.6 Å². The zero-order valence-electron chi connectivity index (χ0n) is 11.6. The number of hydrogen-bond acceptors (Lipinski definition) is 3. The number of phenolic OH excluding ortho intramolecular Hbond substituents is 1. The number of carbonyl (C=O) groups excluding carboxylic acids is 1. The number of carbonyl (C=O) groups is 2. The number of amides is 1. The predicted molar refractivity (Wildman–Crippen MR) is 73.2 cm³/mol. The molecule has 20 heavy (non-hydrogen) atoms. The van der Waals surface area contributed by atoms with Crippen LogP contribution >= 0.6 is 0 Å². The van der Waals surface area contributed by atoms with Crippen LogP contribution in [0.5, 0.6) is 5.75 Å². The van der Waals surface area contributed by atoms with Crippen molar-refractivity contribution in [2.24, 2.45) is 17.3 Å². The Hall–Kier alpha value is -2.04. The van der Waals surface area contributed by atoms with Crippen molar-refractivity contribution >= 4 is 11.9 Å². The third-order valence-corrected chi connectivity index (χ3v) is 4.03. The Morgan fingerprint density at radius 2 is 1.80 bits per heavy atom. The maximum Gasteiger partial charge on any atom is 0.307 e. The van der Waals surface area contributed by atoms with Gasteiger partial charge in [-0.15, -0.1) is 0 Å². The molecule has 0 aliphatic heterocycles. The summed E-state index contributed by atoms with van der Waals surface area (Å²) >= 11 is 0. The van der Waals surface area contributed by atoms with Gasteiger partial charge in [0.1, 0.15) is 5.75 Å². The van der Waals surface area contributed by atoms with Crippen molar-refractivity contribution in [2.75, 3.05) is 6.54 Å². The molecule has 0 unspecified atom stereocenters. The van der Waals surface area contributed by atoms with Gasteiger partial charge < -0.3 is 15.5 Å². The van der Waals surface area contributed by atoms with E-state index in [1.807, 2.05) is 0 Å². The van der Waals surface area contributed by atoms with E-state index in [1.54, 1.807) is 38.1 Å². The van der Waals surface area contributed by atoms with Crippen molar-refractivity contribution in [1.82, 2.24) is 5.32 Å². The molecule has 1 aromatic rings. The SMILES string of the molecule is CC1(C)[C@H](C(=O)NCCc2ccc(O)cc2)[C@@H]1C(=O)O. The van der Waals surface area contributed by atoms with Gasteiger partial charge in [-0.1, -0.05) is 26.0 Å².